The molecule has 1 aliphatic rings. The van der Waals surface area contributed by atoms with E-state index in [1.807, 2.05) is 12.1 Å². The van der Waals surface area contributed by atoms with Crippen LogP contribution in [-0.2, 0) is 17.6 Å². The molecule has 1 aliphatic carbocycles. The van der Waals surface area contributed by atoms with Crippen molar-refractivity contribution in [1.82, 2.24) is 4.98 Å². The van der Waals surface area contributed by atoms with E-state index in [2.05, 4.69) is 4.98 Å². The maximum absolute atomic E-state index is 11.0. The minimum atomic E-state index is -0.766. The molecule has 1 heterocycles. The van der Waals surface area contributed by atoms with Crippen molar-refractivity contribution in [1.29, 1.82) is 0 Å². The van der Waals surface area contributed by atoms with Gasteiger partial charge in [0.25, 0.3) is 0 Å². The van der Waals surface area contributed by atoms with Crippen LogP contribution in [0.2, 0.25) is 5.02 Å². The number of hydrogen-bond donors (Lipinski definition) is 1. The summed E-state index contributed by atoms with van der Waals surface area (Å²) in [5.41, 5.74) is 1.57. The first-order valence-corrected chi connectivity index (χ1v) is 6.48. The predicted octanol–water partition coefficient (Wildman–Crippen LogP) is 3.18. The topological polar surface area (TPSA) is 63.3 Å². The van der Waals surface area contributed by atoms with Crippen LogP contribution in [0.5, 0.6) is 0 Å². The molecule has 0 radical (unpaired) electrons. The third-order valence-electron chi connectivity index (χ3n) is 3.36. The minimum Gasteiger partial charge on any atom is -0.481 e. The Bertz CT molecular complexity index is 635. The van der Waals surface area contributed by atoms with Crippen molar-refractivity contribution >= 4 is 17.6 Å². The fraction of sp³-hybridized carbons (Fsp3) is 0.286. The first-order valence-electron chi connectivity index (χ1n) is 6.11. The van der Waals surface area contributed by atoms with Gasteiger partial charge in [-0.15, -0.1) is 0 Å². The molecule has 1 atom stereocenters. The van der Waals surface area contributed by atoms with Crippen molar-refractivity contribution in [3.63, 3.8) is 0 Å². The van der Waals surface area contributed by atoms with Crippen molar-refractivity contribution < 1.29 is 14.3 Å². The molecular formula is C14H12ClNO3. The molecule has 0 spiro atoms. The van der Waals surface area contributed by atoms with E-state index in [0.717, 1.165) is 17.0 Å². The standard InChI is InChI=1S/C14H12ClNO3/c15-10-3-1-2-8(6-10)13-16-11-7-9(14(17)18)4-5-12(11)19-13/h1-3,6,9H,4-5,7H2,(H,17,18). The van der Waals surface area contributed by atoms with E-state index in [9.17, 15) is 4.79 Å². The summed E-state index contributed by atoms with van der Waals surface area (Å²) < 4.78 is 5.71. The van der Waals surface area contributed by atoms with Gasteiger partial charge < -0.3 is 9.52 Å². The Morgan fingerprint density at radius 2 is 2.32 bits per heavy atom. The van der Waals surface area contributed by atoms with Crippen molar-refractivity contribution in [3.8, 4) is 11.5 Å². The highest BCUT2D eigenvalue weighted by atomic mass is 35.5. The fourth-order valence-electron chi connectivity index (χ4n) is 2.33. The van der Waals surface area contributed by atoms with E-state index in [-0.39, 0.29) is 5.92 Å². The number of rotatable bonds is 2. The van der Waals surface area contributed by atoms with Gasteiger partial charge in [0.15, 0.2) is 0 Å². The number of oxazole rings is 1. The number of benzene rings is 1. The summed E-state index contributed by atoms with van der Waals surface area (Å²) in [5.74, 6) is 0.189. The Morgan fingerprint density at radius 3 is 3.05 bits per heavy atom. The number of halogens is 1. The van der Waals surface area contributed by atoms with Crippen LogP contribution < -0.4 is 0 Å². The Balaban J connectivity index is 1.93. The molecule has 0 amide bonds. The largest absolute Gasteiger partial charge is 0.481 e. The van der Waals surface area contributed by atoms with Crippen LogP contribution in [0.15, 0.2) is 28.7 Å². The maximum Gasteiger partial charge on any atom is 0.306 e. The van der Waals surface area contributed by atoms with Crippen molar-refractivity contribution in [2.75, 3.05) is 0 Å². The van der Waals surface area contributed by atoms with Gasteiger partial charge in [-0.1, -0.05) is 17.7 Å². The quantitative estimate of drug-likeness (QED) is 0.916. The van der Waals surface area contributed by atoms with Gasteiger partial charge in [0, 0.05) is 23.4 Å². The minimum absolute atomic E-state index is 0.357. The molecule has 3 rings (SSSR count). The number of aromatic nitrogens is 1. The predicted molar refractivity (Wildman–Crippen MR) is 70.1 cm³/mol. The number of hydrogen-bond acceptors (Lipinski definition) is 3. The van der Waals surface area contributed by atoms with Gasteiger partial charge in [0.05, 0.1) is 11.6 Å². The molecule has 0 saturated carbocycles. The number of carboxylic acid groups (broad SMARTS) is 1. The van der Waals surface area contributed by atoms with E-state index in [0.29, 0.717) is 30.2 Å². The molecule has 5 heteroatoms. The monoisotopic (exact) mass is 277 g/mol. The Hall–Kier alpha value is -1.81. The van der Waals surface area contributed by atoms with Crippen LogP contribution in [0.1, 0.15) is 17.9 Å². The van der Waals surface area contributed by atoms with Crippen LogP contribution in [0, 0.1) is 5.92 Å². The number of nitrogens with zero attached hydrogens (tertiary/aromatic N) is 1. The molecule has 1 unspecified atom stereocenters. The summed E-state index contributed by atoms with van der Waals surface area (Å²) in [6.07, 6.45) is 1.67. The molecule has 0 bridgehead atoms. The summed E-state index contributed by atoms with van der Waals surface area (Å²) in [4.78, 5) is 15.4. The van der Waals surface area contributed by atoms with E-state index < -0.39 is 5.97 Å². The summed E-state index contributed by atoms with van der Waals surface area (Å²) in [6, 6.07) is 7.28. The second-order valence-corrected chi connectivity index (χ2v) is 5.11. The number of carbonyl (C=O) groups is 1. The Labute approximate surface area is 115 Å². The lowest BCUT2D eigenvalue weighted by molar-refractivity contribution is -0.142. The van der Waals surface area contributed by atoms with Gasteiger partial charge in [-0.05, 0) is 24.6 Å². The first-order chi connectivity index (χ1) is 9.13. The highest BCUT2D eigenvalue weighted by molar-refractivity contribution is 6.30. The second-order valence-electron chi connectivity index (χ2n) is 4.68. The zero-order chi connectivity index (χ0) is 13.4. The van der Waals surface area contributed by atoms with Gasteiger partial charge >= 0.3 is 5.97 Å². The molecule has 0 fully saturated rings. The smallest absolute Gasteiger partial charge is 0.306 e. The van der Waals surface area contributed by atoms with Gasteiger partial charge in [-0.25, -0.2) is 4.98 Å². The highest BCUT2D eigenvalue weighted by Gasteiger charge is 2.28. The third kappa shape index (κ3) is 2.36. The van der Waals surface area contributed by atoms with E-state index in [1.54, 1.807) is 12.1 Å². The summed E-state index contributed by atoms with van der Waals surface area (Å²) >= 11 is 5.94. The molecule has 0 aliphatic heterocycles. The molecule has 4 nitrogen and oxygen atoms in total. The average Bonchev–Trinajstić information content (AvgIpc) is 2.81. The second kappa shape index (κ2) is 4.70. The van der Waals surface area contributed by atoms with Gasteiger partial charge in [-0.2, -0.15) is 0 Å². The summed E-state index contributed by atoms with van der Waals surface area (Å²) in [7, 11) is 0. The summed E-state index contributed by atoms with van der Waals surface area (Å²) in [6.45, 7) is 0. The number of aliphatic carboxylic acids is 1. The van der Waals surface area contributed by atoms with Crippen LogP contribution in [0.25, 0.3) is 11.5 Å². The SMILES string of the molecule is O=C(O)C1CCc2oc(-c3cccc(Cl)c3)nc2C1. The number of aryl methyl sites for hydroxylation is 1. The zero-order valence-electron chi connectivity index (χ0n) is 10.1. The van der Waals surface area contributed by atoms with E-state index >= 15 is 0 Å². The fourth-order valence-corrected chi connectivity index (χ4v) is 2.52. The normalized spacial score (nSPS) is 18.1. The van der Waals surface area contributed by atoms with E-state index in [4.69, 9.17) is 21.1 Å². The van der Waals surface area contributed by atoms with Crippen molar-refractivity contribution in [2.45, 2.75) is 19.3 Å². The van der Waals surface area contributed by atoms with Crippen LogP contribution in [0.4, 0.5) is 0 Å². The Morgan fingerprint density at radius 1 is 1.47 bits per heavy atom. The van der Waals surface area contributed by atoms with Crippen molar-refractivity contribution in [2.24, 2.45) is 5.92 Å². The van der Waals surface area contributed by atoms with Gasteiger partial charge in [0.2, 0.25) is 5.89 Å². The molecule has 1 N–H and O–H groups in total. The third-order valence-corrected chi connectivity index (χ3v) is 3.59. The highest BCUT2D eigenvalue weighted by Crippen LogP contribution is 2.30. The molecular weight excluding hydrogens is 266 g/mol. The molecule has 98 valence electrons. The molecule has 1 aromatic carbocycles. The Kier molecular flexibility index (Phi) is 3.03. The average molecular weight is 278 g/mol. The lowest BCUT2D eigenvalue weighted by Crippen LogP contribution is -2.21. The van der Waals surface area contributed by atoms with Gasteiger partial charge in [0.1, 0.15) is 5.76 Å². The van der Waals surface area contributed by atoms with Crippen LogP contribution in [-0.4, -0.2) is 16.1 Å². The lowest BCUT2D eigenvalue weighted by Gasteiger charge is -2.15. The molecule has 0 saturated heterocycles. The number of fused-ring (bicyclic) bond motifs is 1. The van der Waals surface area contributed by atoms with Crippen molar-refractivity contribution in [3.05, 3.63) is 40.7 Å². The lowest BCUT2D eigenvalue weighted by atomic mass is 9.90. The molecule has 2 aromatic rings. The molecule has 19 heavy (non-hydrogen) atoms. The number of carboxylic acids is 1. The zero-order valence-corrected chi connectivity index (χ0v) is 10.9. The van der Waals surface area contributed by atoms with E-state index in [1.165, 1.54) is 0 Å². The summed E-state index contributed by atoms with van der Waals surface area (Å²) in [5, 5.41) is 9.67. The first kappa shape index (κ1) is 12.2. The van der Waals surface area contributed by atoms with Crippen LogP contribution in [0.3, 0.4) is 0 Å². The van der Waals surface area contributed by atoms with Gasteiger partial charge in [-0.3, -0.25) is 4.79 Å². The maximum atomic E-state index is 11.0. The molecule has 1 aromatic heterocycles. The van der Waals surface area contributed by atoms with Crippen LogP contribution >= 0.6 is 11.6 Å².